The van der Waals surface area contributed by atoms with Crippen LogP contribution in [0.2, 0.25) is 0 Å². The van der Waals surface area contributed by atoms with E-state index in [1.165, 1.54) is 6.92 Å². The second kappa shape index (κ2) is 9.32. The number of amides is 2. The Morgan fingerprint density at radius 3 is 2.17 bits per heavy atom. The second-order valence-corrected chi connectivity index (χ2v) is 6.22. The maximum absolute atomic E-state index is 12.2. The lowest BCUT2D eigenvalue weighted by molar-refractivity contribution is -0.114. The van der Waals surface area contributed by atoms with Crippen molar-refractivity contribution in [2.45, 2.75) is 13.5 Å². The first-order valence-corrected chi connectivity index (χ1v) is 8.93. The number of carbonyl (C=O) groups is 2. The first kappa shape index (κ1) is 19.8. The van der Waals surface area contributed by atoms with Gasteiger partial charge in [0.25, 0.3) is 5.91 Å². The molecule has 0 aliphatic rings. The fraction of sp³-hybridized carbons (Fsp3) is 0.143. The molecule has 0 aliphatic carbocycles. The predicted octanol–water partition coefficient (Wildman–Crippen LogP) is 3.12. The zero-order chi connectivity index (χ0) is 20.6. The first-order valence-electron chi connectivity index (χ1n) is 8.93. The molecular formula is C21H21N5O3. The molecule has 0 unspecified atom stereocenters. The molecule has 29 heavy (non-hydrogen) atoms. The molecule has 0 radical (unpaired) electrons. The lowest BCUT2D eigenvalue weighted by Crippen LogP contribution is -2.24. The molecule has 0 saturated carbocycles. The number of nitrogens with zero attached hydrogens (tertiary/aromatic N) is 2. The van der Waals surface area contributed by atoms with Crippen LogP contribution in [0.3, 0.4) is 0 Å². The van der Waals surface area contributed by atoms with Crippen molar-refractivity contribution in [1.29, 1.82) is 0 Å². The Bertz CT molecular complexity index is 971. The third kappa shape index (κ3) is 5.77. The molecule has 0 bridgehead atoms. The number of benzene rings is 2. The SMILES string of the molecule is COc1ccc(CNC(=O)c2ccc(Nc3ccc(NC(C)=O)cc3)nn2)cc1. The summed E-state index contributed by atoms with van der Waals surface area (Å²) in [4.78, 5) is 23.3. The summed E-state index contributed by atoms with van der Waals surface area (Å²) in [7, 11) is 1.61. The van der Waals surface area contributed by atoms with Crippen molar-refractivity contribution >= 4 is 29.0 Å². The Hall–Kier alpha value is -3.94. The van der Waals surface area contributed by atoms with Crippen LogP contribution < -0.4 is 20.7 Å². The van der Waals surface area contributed by atoms with E-state index in [2.05, 4.69) is 26.1 Å². The van der Waals surface area contributed by atoms with Gasteiger partial charge in [-0.1, -0.05) is 12.1 Å². The van der Waals surface area contributed by atoms with Crippen LogP contribution in [0.15, 0.2) is 60.7 Å². The van der Waals surface area contributed by atoms with Gasteiger partial charge in [-0.05, 0) is 54.1 Å². The number of anilines is 3. The van der Waals surface area contributed by atoms with Crippen LogP contribution in [0.4, 0.5) is 17.2 Å². The van der Waals surface area contributed by atoms with E-state index in [0.29, 0.717) is 18.1 Å². The van der Waals surface area contributed by atoms with Crippen molar-refractivity contribution in [1.82, 2.24) is 15.5 Å². The number of ether oxygens (including phenoxy) is 1. The quantitative estimate of drug-likeness (QED) is 0.572. The average molecular weight is 391 g/mol. The maximum atomic E-state index is 12.2. The summed E-state index contributed by atoms with van der Waals surface area (Å²) in [6.07, 6.45) is 0. The van der Waals surface area contributed by atoms with Crippen LogP contribution in [0.5, 0.6) is 5.75 Å². The van der Waals surface area contributed by atoms with Gasteiger partial charge in [-0.3, -0.25) is 9.59 Å². The highest BCUT2D eigenvalue weighted by molar-refractivity contribution is 5.92. The van der Waals surface area contributed by atoms with E-state index in [-0.39, 0.29) is 17.5 Å². The summed E-state index contributed by atoms with van der Waals surface area (Å²) in [5, 5.41) is 16.6. The van der Waals surface area contributed by atoms with E-state index < -0.39 is 0 Å². The summed E-state index contributed by atoms with van der Waals surface area (Å²) >= 11 is 0. The second-order valence-electron chi connectivity index (χ2n) is 6.22. The normalized spacial score (nSPS) is 10.1. The Balaban J connectivity index is 1.54. The molecule has 1 heterocycles. The molecule has 2 aromatic carbocycles. The molecule has 0 spiro atoms. The molecule has 3 rings (SSSR count). The van der Waals surface area contributed by atoms with E-state index >= 15 is 0 Å². The van der Waals surface area contributed by atoms with Gasteiger partial charge in [-0.2, -0.15) is 0 Å². The Morgan fingerprint density at radius 2 is 1.59 bits per heavy atom. The standard InChI is InChI=1S/C21H21N5O3/c1-14(27)23-16-5-7-17(8-6-16)24-20-12-11-19(25-26-20)21(28)22-13-15-3-9-18(29-2)10-4-15/h3-12H,13H2,1-2H3,(H,22,28)(H,23,27)(H,24,26). The highest BCUT2D eigenvalue weighted by Gasteiger charge is 2.08. The fourth-order valence-corrected chi connectivity index (χ4v) is 2.52. The van der Waals surface area contributed by atoms with Gasteiger partial charge in [0.05, 0.1) is 7.11 Å². The number of carbonyl (C=O) groups excluding carboxylic acids is 2. The van der Waals surface area contributed by atoms with Crippen molar-refractivity contribution < 1.29 is 14.3 Å². The first-order chi connectivity index (χ1) is 14.0. The third-order valence-electron chi connectivity index (χ3n) is 3.99. The molecule has 3 aromatic rings. The molecule has 1 aromatic heterocycles. The van der Waals surface area contributed by atoms with E-state index in [1.807, 2.05) is 36.4 Å². The van der Waals surface area contributed by atoms with Gasteiger partial charge in [0, 0.05) is 24.8 Å². The number of hydrogen-bond acceptors (Lipinski definition) is 6. The van der Waals surface area contributed by atoms with E-state index in [1.54, 1.807) is 31.4 Å². The third-order valence-corrected chi connectivity index (χ3v) is 3.99. The largest absolute Gasteiger partial charge is 0.497 e. The Labute approximate surface area is 168 Å². The number of aromatic nitrogens is 2. The predicted molar refractivity (Wildman–Crippen MR) is 110 cm³/mol. The van der Waals surface area contributed by atoms with Crippen molar-refractivity contribution in [3.05, 3.63) is 71.9 Å². The minimum atomic E-state index is -0.306. The van der Waals surface area contributed by atoms with Crippen LogP contribution in [-0.2, 0) is 11.3 Å². The van der Waals surface area contributed by atoms with Gasteiger partial charge in [0.1, 0.15) is 5.75 Å². The van der Waals surface area contributed by atoms with Crippen LogP contribution >= 0.6 is 0 Å². The molecule has 8 nitrogen and oxygen atoms in total. The topological polar surface area (TPSA) is 105 Å². The van der Waals surface area contributed by atoms with Gasteiger partial charge in [0.2, 0.25) is 5.91 Å². The van der Waals surface area contributed by atoms with Crippen LogP contribution in [0.1, 0.15) is 23.0 Å². The summed E-state index contributed by atoms with van der Waals surface area (Å²) in [6.45, 7) is 1.83. The van der Waals surface area contributed by atoms with Crippen molar-refractivity contribution in [2.24, 2.45) is 0 Å². The highest BCUT2D eigenvalue weighted by Crippen LogP contribution is 2.17. The van der Waals surface area contributed by atoms with Gasteiger partial charge < -0.3 is 20.7 Å². The number of hydrogen-bond donors (Lipinski definition) is 3. The molecule has 0 fully saturated rings. The van der Waals surface area contributed by atoms with Crippen molar-refractivity contribution in [3.63, 3.8) is 0 Å². The molecular weight excluding hydrogens is 370 g/mol. The molecule has 148 valence electrons. The van der Waals surface area contributed by atoms with Crippen LogP contribution in [0, 0.1) is 0 Å². The number of rotatable bonds is 7. The van der Waals surface area contributed by atoms with Crippen LogP contribution in [-0.4, -0.2) is 29.1 Å². The summed E-state index contributed by atoms with van der Waals surface area (Å²) in [5.41, 5.74) is 2.67. The Kier molecular flexibility index (Phi) is 6.36. The van der Waals surface area contributed by atoms with Gasteiger partial charge >= 0.3 is 0 Å². The number of methoxy groups -OCH3 is 1. The van der Waals surface area contributed by atoms with Crippen molar-refractivity contribution in [2.75, 3.05) is 17.7 Å². The molecule has 0 aliphatic heterocycles. The smallest absolute Gasteiger partial charge is 0.272 e. The van der Waals surface area contributed by atoms with E-state index in [0.717, 1.165) is 17.0 Å². The van der Waals surface area contributed by atoms with Crippen molar-refractivity contribution in [3.8, 4) is 5.75 Å². The highest BCUT2D eigenvalue weighted by atomic mass is 16.5. The van der Waals surface area contributed by atoms with Crippen LogP contribution in [0.25, 0.3) is 0 Å². The summed E-state index contributed by atoms with van der Waals surface area (Å²) < 4.78 is 5.11. The molecule has 0 saturated heterocycles. The minimum Gasteiger partial charge on any atom is -0.497 e. The summed E-state index contributed by atoms with van der Waals surface area (Å²) in [6, 6.07) is 17.9. The fourth-order valence-electron chi connectivity index (χ4n) is 2.52. The minimum absolute atomic E-state index is 0.127. The molecule has 8 heteroatoms. The zero-order valence-electron chi connectivity index (χ0n) is 16.1. The lowest BCUT2D eigenvalue weighted by atomic mass is 10.2. The zero-order valence-corrected chi connectivity index (χ0v) is 16.1. The Morgan fingerprint density at radius 1 is 0.897 bits per heavy atom. The summed E-state index contributed by atoms with van der Waals surface area (Å²) in [5.74, 6) is 0.833. The van der Waals surface area contributed by atoms with Gasteiger partial charge in [-0.15, -0.1) is 10.2 Å². The van der Waals surface area contributed by atoms with E-state index in [4.69, 9.17) is 4.74 Å². The monoisotopic (exact) mass is 391 g/mol. The van der Waals surface area contributed by atoms with Gasteiger partial charge in [0.15, 0.2) is 11.5 Å². The molecule has 2 amide bonds. The van der Waals surface area contributed by atoms with E-state index in [9.17, 15) is 9.59 Å². The molecule has 0 atom stereocenters. The lowest BCUT2D eigenvalue weighted by Gasteiger charge is -2.08. The maximum Gasteiger partial charge on any atom is 0.272 e. The molecule has 3 N–H and O–H groups in total. The van der Waals surface area contributed by atoms with Gasteiger partial charge in [-0.25, -0.2) is 0 Å². The number of nitrogens with one attached hydrogen (secondary N) is 3. The average Bonchev–Trinajstić information content (AvgIpc) is 2.74.